The van der Waals surface area contributed by atoms with Crippen LogP contribution in [0.4, 0.5) is 0 Å². The van der Waals surface area contributed by atoms with Crippen molar-refractivity contribution in [1.82, 2.24) is 4.90 Å². The van der Waals surface area contributed by atoms with E-state index < -0.39 is 7.60 Å². The van der Waals surface area contributed by atoms with E-state index in [4.69, 9.17) is 13.8 Å². The minimum Gasteiger partial charge on any atom is -0.379 e. The molecule has 1 heterocycles. The van der Waals surface area contributed by atoms with Crippen molar-refractivity contribution in [1.29, 1.82) is 0 Å². The van der Waals surface area contributed by atoms with Crippen LogP contribution in [0.15, 0.2) is 0 Å². The number of morpholine rings is 1. The van der Waals surface area contributed by atoms with Crippen molar-refractivity contribution in [2.24, 2.45) is 0 Å². The molecule has 0 saturated carbocycles. The normalized spacial score (nSPS) is 18.9. The second kappa shape index (κ2) is 7.41. The van der Waals surface area contributed by atoms with Gasteiger partial charge in [0.1, 0.15) is 0 Å². The zero-order chi connectivity index (χ0) is 11.9. The van der Waals surface area contributed by atoms with Crippen LogP contribution in [0, 0.1) is 0 Å². The van der Waals surface area contributed by atoms with Crippen molar-refractivity contribution in [3.05, 3.63) is 0 Å². The van der Waals surface area contributed by atoms with Gasteiger partial charge in [0.15, 0.2) is 0 Å². The maximum absolute atomic E-state index is 12.2. The molecule has 0 radical (unpaired) electrons. The van der Waals surface area contributed by atoms with Gasteiger partial charge in [-0.25, -0.2) is 0 Å². The molecule has 0 spiro atoms. The van der Waals surface area contributed by atoms with Crippen LogP contribution in [0.2, 0.25) is 0 Å². The van der Waals surface area contributed by atoms with Gasteiger partial charge in [-0.1, -0.05) is 0 Å². The van der Waals surface area contributed by atoms with Gasteiger partial charge in [0.05, 0.1) is 32.6 Å². The average Bonchev–Trinajstić information content (AvgIpc) is 2.29. The number of nitrogens with zero attached hydrogens (tertiary/aromatic N) is 1. The third-order valence-corrected chi connectivity index (χ3v) is 4.50. The maximum atomic E-state index is 12.2. The minimum absolute atomic E-state index is 0.431. The van der Waals surface area contributed by atoms with Gasteiger partial charge in [-0.3, -0.25) is 9.46 Å². The molecule has 0 aromatic carbocycles. The SMILES string of the molecule is CCOP(=O)(CCN1CCOCC1)OCC. The Balaban J connectivity index is 2.33. The first-order chi connectivity index (χ1) is 7.70. The molecular formula is C10H22NO4P. The Labute approximate surface area is 97.6 Å². The van der Waals surface area contributed by atoms with Gasteiger partial charge in [0, 0.05) is 19.6 Å². The summed E-state index contributed by atoms with van der Waals surface area (Å²) in [7, 11) is -2.87. The van der Waals surface area contributed by atoms with Crippen LogP contribution in [0.1, 0.15) is 13.8 Å². The Morgan fingerprint density at radius 1 is 1.19 bits per heavy atom. The number of hydrogen-bond acceptors (Lipinski definition) is 5. The highest BCUT2D eigenvalue weighted by atomic mass is 31.2. The van der Waals surface area contributed by atoms with E-state index in [0.717, 1.165) is 32.8 Å². The molecule has 0 bridgehead atoms. The topological polar surface area (TPSA) is 48.0 Å². The van der Waals surface area contributed by atoms with Gasteiger partial charge in [-0.2, -0.15) is 0 Å². The van der Waals surface area contributed by atoms with Crippen molar-refractivity contribution in [3.63, 3.8) is 0 Å². The van der Waals surface area contributed by atoms with Crippen molar-refractivity contribution in [2.45, 2.75) is 13.8 Å². The fourth-order valence-corrected chi connectivity index (χ4v) is 3.30. The molecule has 0 N–H and O–H groups in total. The Morgan fingerprint density at radius 2 is 1.75 bits per heavy atom. The molecule has 1 aliphatic rings. The Hall–Kier alpha value is 0.0700. The quantitative estimate of drug-likeness (QED) is 0.643. The van der Waals surface area contributed by atoms with Gasteiger partial charge >= 0.3 is 7.60 Å². The van der Waals surface area contributed by atoms with Crippen LogP contribution in [0.3, 0.4) is 0 Å². The van der Waals surface area contributed by atoms with E-state index in [1.807, 2.05) is 13.8 Å². The molecule has 5 nitrogen and oxygen atoms in total. The molecule has 0 amide bonds. The summed E-state index contributed by atoms with van der Waals surface area (Å²) in [6.45, 7) is 8.60. The zero-order valence-corrected chi connectivity index (χ0v) is 11.1. The molecule has 0 aromatic rings. The lowest BCUT2D eigenvalue weighted by Crippen LogP contribution is -2.38. The molecule has 1 saturated heterocycles. The first-order valence-electron chi connectivity index (χ1n) is 5.88. The summed E-state index contributed by atoms with van der Waals surface area (Å²) in [6.07, 6.45) is 0.467. The molecule has 1 aliphatic heterocycles. The molecule has 0 atom stereocenters. The third-order valence-electron chi connectivity index (χ3n) is 2.45. The van der Waals surface area contributed by atoms with Crippen LogP contribution in [0.25, 0.3) is 0 Å². The lowest BCUT2D eigenvalue weighted by Gasteiger charge is -2.27. The monoisotopic (exact) mass is 251 g/mol. The largest absolute Gasteiger partial charge is 0.379 e. The van der Waals surface area contributed by atoms with E-state index in [9.17, 15) is 4.57 Å². The third kappa shape index (κ3) is 4.93. The van der Waals surface area contributed by atoms with Crippen LogP contribution >= 0.6 is 7.60 Å². The standard InChI is InChI=1S/C10H22NO4P/c1-3-14-16(12,15-4-2)10-7-11-5-8-13-9-6-11/h3-10H2,1-2H3. The average molecular weight is 251 g/mol. The van der Waals surface area contributed by atoms with Gasteiger partial charge in [-0.05, 0) is 13.8 Å². The number of ether oxygens (including phenoxy) is 1. The number of hydrogen-bond donors (Lipinski definition) is 0. The first kappa shape index (κ1) is 14.1. The fourth-order valence-electron chi connectivity index (χ4n) is 1.65. The van der Waals surface area contributed by atoms with E-state index >= 15 is 0 Å². The van der Waals surface area contributed by atoms with Crippen molar-refractivity contribution < 1.29 is 18.3 Å². The van der Waals surface area contributed by atoms with E-state index in [1.165, 1.54) is 0 Å². The second-order valence-electron chi connectivity index (χ2n) is 3.62. The van der Waals surface area contributed by atoms with E-state index in [-0.39, 0.29) is 0 Å². The fraction of sp³-hybridized carbons (Fsp3) is 1.00. The Morgan fingerprint density at radius 3 is 2.25 bits per heavy atom. The first-order valence-corrected chi connectivity index (χ1v) is 7.61. The molecule has 16 heavy (non-hydrogen) atoms. The summed E-state index contributed by atoms with van der Waals surface area (Å²) in [5.74, 6) is 0. The molecule has 6 heteroatoms. The van der Waals surface area contributed by atoms with Crippen molar-refractivity contribution in [3.8, 4) is 0 Å². The smallest absolute Gasteiger partial charge is 0.331 e. The molecule has 96 valence electrons. The lowest BCUT2D eigenvalue weighted by atomic mass is 10.4. The van der Waals surface area contributed by atoms with Crippen LogP contribution in [-0.2, 0) is 18.3 Å². The molecule has 1 rings (SSSR count). The lowest BCUT2D eigenvalue weighted by molar-refractivity contribution is 0.0399. The predicted octanol–water partition coefficient (Wildman–Crippen LogP) is 1.58. The highest BCUT2D eigenvalue weighted by Gasteiger charge is 2.24. The highest BCUT2D eigenvalue weighted by Crippen LogP contribution is 2.47. The second-order valence-corrected chi connectivity index (χ2v) is 5.81. The number of rotatable bonds is 7. The molecule has 0 unspecified atom stereocenters. The van der Waals surface area contributed by atoms with E-state index in [1.54, 1.807) is 0 Å². The summed E-state index contributed by atoms with van der Waals surface area (Å²) >= 11 is 0. The van der Waals surface area contributed by atoms with Crippen molar-refractivity contribution >= 4 is 7.60 Å². The summed E-state index contributed by atoms with van der Waals surface area (Å²) < 4.78 is 27.9. The minimum atomic E-state index is -2.87. The summed E-state index contributed by atoms with van der Waals surface area (Å²) in [5, 5.41) is 0. The van der Waals surface area contributed by atoms with E-state index in [0.29, 0.717) is 19.4 Å². The van der Waals surface area contributed by atoms with E-state index in [2.05, 4.69) is 4.90 Å². The van der Waals surface area contributed by atoms with Crippen LogP contribution in [0.5, 0.6) is 0 Å². The van der Waals surface area contributed by atoms with Gasteiger partial charge < -0.3 is 13.8 Å². The van der Waals surface area contributed by atoms with Gasteiger partial charge in [-0.15, -0.1) is 0 Å². The molecular weight excluding hydrogens is 229 g/mol. The van der Waals surface area contributed by atoms with Gasteiger partial charge in [0.2, 0.25) is 0 Å². The van der Waals surface area contributed by atoms with Gasteiger partial charge in [0.25, 0.3) is 0 Å². The maximum Gasteiger partial charge on any atom is 0.331 e. The predicted molar refractivity (Wildman–Crippen MR) is 63.0 cm³/mol. The van der Waals surface area contributed by atoms with Crippen LogP contribution in [-0.4, -0.2) is 57.1 Å². The Kier molecular flexibility index (Phi) is 6.54. The molecule has 0 aromatic heterocycles. The summed E-state index contributed by atoms with van der Waals surface area (Å²) in [4.78, 5) is 2.23. The van der Waals surface area contributed by atoms with Crippen LogP contribution < -0.4 is 0 Å². The zero-order valence-electron chi connectivity index (χ0n) is 10.2. The molecule has 1 fully saturated rings. The molecule has 0 aliphatic carbocycles. The Bertz CT molecular complexity index is 221. The highest BCUT2D eigenvalue weighted by molar-refractivity contribution is 7.53. The summed E-state index contributed by atoms with van der Waals surface area (Å²) in [6, 6.07) is 0. The van der Waals surface area contributed by atoms with Crippen molar-refractivity contribution in [2.75, 3.05) is 52.2 Å². The summed E-state index contributed by atoms with van der Waals surface area (Å²) in [5.41, 5.74) is 0.